The fraction of sp³-hybridized carbons (Fsp3) is 0.217. The Morgan fingerprint density at radius 3 is 3.03 bits per heavy atom. The number of rotatable bonds is 4. The SMILES string of the molecule is C#Cc1cccc(Cc2cnc(C(=O)N[C@H]3CCc4cccnc4N(C)C3=O)s2)c1. The smallest absolute Gasteiger partial charge is 0.280 e. The van der Waals surface area contributed by atoms with E-state index in [4.69, 9.17) is 6.42 Å². The molecule has 0 spiro atoms. The summed E-state index contributed by atoms with van der Waals surface area (Å²) in [6, 6.07) is 10.9. The van der Waals surface area contributed by atoms with Crippen LogP contribution in [0, 0.1) is 12.3 Å². The van der Waals surface area contributed by atoms with Gasteiger partial charge >= 0.3 is 0 Å². The van der Waals surface area contributed by atoms with Gasteiger partial charge < -0.3 is 5.32 Å². The lowest BCUT2D eigenvalue weighted by Crippen LogP contribution is -2.46. The fourth-order valence-electron chi connectivity index (χ4n) is 3.51. The minimum atomic E-state index is -0.614. The summed E-state index contributed by atoms with van der Waals surface area (Å²) in [6.45, 7) is 0. The number of nitrogens with zero attached hydrogens (tertiary/aromatic N) is 3. The van der Waals surface area contributed by atoms with E-state index in [1.54, 1.807) is 19.4 Å². The minimum absolute atomic E-state index is 0.177. The highest BCUT2D eigenvalue weighted by atomic mass is 32.1. The Kier molecular flexibility index (Phi) is 5.59. The lowest BCUT2D eigenvalue weighted by molar-refractivity contribution is -0.120. The van der Waals surface area contributed by atoms with Crippen molar-refractivity contribution in [3.8, 4) is 12.3 Å². The largest absolute Gasteiger partial charge is 0.338 e. The van der Waals surface area contributed by atoms with Gasteiger partial charge in [-0.2, -0.15) is 0 Å². The number of carbonyl (C=O) groups is 2. The molecule has 30 heavy (non-hydrogen) atoms. The van der Waals surface area contributed by atoms with Gasteiger partial charge in [-0.1, -0.05) is 24.1 Å². The summed E-state index contributed by atoms with van der Waals surface area (Å²) < 4.78 is 0. The van der Waals surface area contributed by atoms with E-state index in [1.807, 2.05) is 36.4 Å². The number of amides is 2. The second-order valence-corrected chi connectivity index (χ2v) is 8.22. The van der Waals surface area contributed by atoms with Crippen molar-refractivity contribution < 1.29 is 9.59 Å². The first-order valence-electron chi connectivity index (χ1n) is 9.57. The maximum Gasteiger partial charge on any atom is 0.280 e. The van der Waals surface area contributed by atoms with Crippen molar-refractivity contribution in [3.63, 3.8) is 0 Å². The van der Waals surface area contributed by atoms with E-state index in [0.29, 0.717) is 30.1 Å². The number of anilines is 1. The van der Waals surface area contributed by atoms with Crippen LogP contribution in [0.1, 0.15) is 37.8 Å². The van der Waals surface area contributed by atoms with E-state index in [9.17, 15) is 9.59 Å². The standard InChI is InChI=1S/C23H20N4O2S/c1-3-15-6-4-7-16(12-15)13-18-14-25-22(30-18)21(28)26-19-10-9-17-8-5-11-24-20(17)27(2)23(19)29/h1,4-8,11-12,14,19H,9-10,13H2,2H3,(H,26,28)/t19-/m0/s1. The lowest BCUT2D eigenvalue weighted by atomic mass is 10.1. The molecule has 0 saturated carbocycles. The predicted molar refractivity (Wildman–Crippen MR) is 117 cm³/mol. The number of nitrogens with one attached hydrogen (secondary N) is 1. The van der Waals surface area contributed by atoms with Crippen molar-refractivity contribution in [2.24, 2.45) is 0 Å². The molecule has 0 radical (unpaired) electrons. The minimum Gasteiger partial charge on any atom is -0.338 e. The summed E-state index contributed by atoms with van der Waals surface area (Å²) in [5, 5.41) is 3.19. The molecule has 1 aliphatic rings. The first kappa shape index (κ1) is 19.8. The van der Waals surface area contributed by atoms with Crippen molar-refractivity contribution in [3.05, 3.63) is 75.4 Å². The molecule has 6 nitrogen and oxygen atoms in total. The zero-order valence-corrected chi connectivity index (χ0v) is 17.3. The summed E-state index contributed by atoms with van der Waals surface area (Å²) in [4.78, 5) is 36.6. The van der Waals surface area contributed by atoms with Crippen LogP contribution < -0.4 is 10.2 Å². The van der Waals surface area contributed by atoms with E-state index in [0.717, 1.165) is 21.6 Å². The van der Waals surface area contributed by atoms with Gasteiger partial charge in [-0.3, -0.25) is 14.5 Å². The molecule has 0 unspecified atom stereocenters. The molecular weight excluding hydrogens is 396 g/mol. The molecule has 0 bridgehead atoms. The number of pyridine rings is 1. The number of aromatic nitrogens is 2. The quantitative estimate of drug-likeness (QED) is 0.664. The van der Waals surface area contributed by atoms with Gasteiger partial charge in [0.25, 0.3) is 5.91 Å². The summed E-state index contributed by atoms with van der Waals surface area (Å²) in [6.07, 6.45) is 10.6. The number of thiazole rings is 1. The van der Waals surface area contributed by atoms with Gasteiger partial charge in [0.1, 0.15) is 11.9 Å². The number of hydrogen-bond acceptors (Lipinski definition) is 5. The van der Waals surface area contributed by atoms with E-state index in [-0.39, 0.29) is 11.8 Å². The molecule has 0 saturated heterocycles. The molecule has 3 aromatic rings. The zero-order valence-electron chi connectivity index (χ0n) is 16.5. The molecule has 1 aromatic carbocycles. The van der Waals surface area contributed by atoms with E-state index in [2.05, 4.69) is 21.2 Å². The Balaban J connectivity index is 1.44. The monoisotopic (exact) mass is 416 g/mol. The Labute approximate surface area is 179 Å². The number of terminal acetylenes is 1. The number of likely N-dealkylation sites (N-methyl/N-ethyl adjacent to an activating group) is 1. The van der Waals surface area contributed by atoms with Gasteiger partial charge in [0, 0.05) is 36.3 Å². The van der Waals surface area contributed by atoms with Crippen molar-refractivity contribution in [1.29, 1.82) is 0 Å². The summed E-state index contributed by atoms with van der Waals surface area (Å²) in [5.41, 5.74) is 2.88. The molecule has 3 heterocycles. The van der Waals surface area contributed by atoms with Crippen molar-refractivity contribution in [2.75, 3.05) is 11.9 Å². The highest BCUT2D eigenvalue weighted by Crippen LogP contribution is 2.24. The number of hydrogen-bond donors (Lipinski definition) is 1. The normalized spacial score (nSPS) is 15.8. The molecule has 4 rings (SSSR count). The van der Waals surface area contributed by atoms with Crippen molar-refractivity contribution in [2.45, 2.75) is 25.3 Å². The van der Waals surface area contributed by atoms with Gasteiger partial charge in [-0.25, -0.2) is 9.97 Å². The Hall–Kier alpha value is -3.50. The lowest BCUT2D eigenvalue weighted by Gasteiger charge is -2.20. The van der Waals surface area contributed by atoms with Crippen LogP contribution in [0.3, 0.4) is 0 Å². The Morgan fingerprint density at radius 2 is 2.20 bits per heavy atom. The summed E-state index contributed by atoms with van der Waals surface area (Å²) in [7, 11) is 1.68. The van der Waals surface area contributed by atoms with Crippen LogP contribution in [0.4, 0.5) is 5.82 Å². The van der Waals surface area contributed by atoms with Crippen LogP contribution in [0.25, 0.3) is 0 Å². The molecule has 0 aliphatic carbocycles. The third-order valence-electron chi connectivity index (χ3n) is 5.04. The maximum atomic E-state index is 12.8. The van der Waals surface area contributed by atoms with E-state index >= 15 is 0 Å². The van der Waals surface area contributed by atoms with Crippen molar-refractivity contribution in [1.82, 2.24) is 15.3 Å². The van der Waals surface area contributed by atoms with Crippen LogP contribution in [0.2, 0.25) is 0 Å². The van der Waals surface area contributed by atoms with Crippen LogP contribution in [-0.4, -0.2) is 34.9 Å². The number of aryl methyl sites for hydroxylation is 1. The molecule has 0 fully saturated rings. The number of carbonyl (C=O) groups excluding carboxylic acids is 2. The molecular formula is C23H20N4O2S. The molecule has 2 amide bonds. The summed E-state index contributed by atoms with van der Waals surface area (Å²) in [5.74, 6) is 2.75. The second-order valence-electron chi connectivity index (χ2n) is 7.10. The molecule has 1 N–H and O–H groups in total. The van der Waals surface area contributed by atoms with E-state index < -0.39 is 6.04 Å². The third-order valence-corrected chi connectivity index (χ3v) is 6.04. The zero-order chi connectivity index (χ0) is 21.1. The van der Waals surface area contributed by atoms with Crippen LogP contribution in [-0.2, 0) is 17.6 Å². The van der Waals surface area contributed by atoms with Crippen LogP contribution in [0.5, 0.6) is 0 Å². The molecule has 1 atom stereocenters. The first-order valence-corrected chi connectivity index (χ1v) is 10.4. The van der Waals surface area contributed by atoms with Gasteiger partial charge in [-0.05, 0) is 42.2 Å². The average Bonchev–Trinajstić information content (AvgIpc) is 3.20. The van der Waals surface area contributed by atoms with Gasteiger partial charge in [0.15, 0.2) is 5.01 Å². The third kappa shape index (κ3) is 4.09. The number of fused-ring (bicyclic) bond motifs is 1. The molecule has 2 aromatic heterocycles. The molecule has 7 heteroatoms. The van der Waals surface area contributed by atoms with E-state index in [1.165, 1.54) is 16.2 Å². The fourth-order valence-corrected chi connectivity index (χ4v) is 4.36. The molecule has 150 valence electrons. The van der Waals surface area contributed by atoms with Gasteiger partial charge in [-0.15, -0.1) is 17.8 Å². The Bertz CT molecular complexity index is 1150. The Morgan fingerprint density at radius 1 is 1.33 bits per heavy atom. The number of benzene rings is 1. The van der Waals surface area contributed by atoms with Crippen molar-refractivity contribution >= 4 is 29.0 Å². The first-order chi connectivity index (χ1) is 14.5. The average molecular weight is 417 g/mol. The predicted octanol–water partition coefficient (Wildman–Crippen LogP) is 2.82. The maximum absolute atomic E-state index is 12.8. The highest BCUT2D eigenvalue weighted by molar-refractivity contribution is 7.13. The van der Waals surface area contributed by atoms with Crippen LogP contribution in [0.15, 0.2) is 48.8 Å². The topological polar surface area (TPSA) is 75.2 Å². The summed E-state index contributed by atoms with van der Waals surface area (Å²) >= 11 is 1.32. The second kappa shape index (κ2) is 8.47. The highest BCUT2D eigenvalue weighted by Gasteiger charge is 2.30. The van der Waals surface area contributed by atoms with Gasteiger partial charge in [0.05, 0.1) is 0 Å². The molecule has 1 aliphatic heterocycles. The van der Waals surface area contributed by atoms with Gasteiger partial charge in [0.2, 0.25) is 5.91 Å². The van der Waals surface area contributed by atoms with Crippen LogP contribution >= 0.6 is 11.3 Å².